The first-order chi connectivity index (χ1) is 8.50. The standard InChI is InChI=1S/C15H21ClFN/c1-11(2)10-18-8-4-5-12(3)14-9-13(17)6-7-15(14)16/h5-7,9,11,18H,4,8,10H2,1-3H3/b12-5-. The van der Waals surface area contributed by atoms with Gasteiger partial charge in [0.15, 0.2) is 0 Å². The summed E-state index contributed by atoms with van der Waals surface area (Å²) in [6, 6.07) is 4.46. The van der Waals surface area contributed by atoms with Crippen molar-refractivity contribution in [2.75, 3.05) is 13.1 Å². The number of hydrogen-bond donors (Lipinski definition) is 1. The van der Waals surface area contributed by atoms with Crippen LogP contribution >= 0.6 is 11.6 Å². The number of rotatable bonds is 6. The molecule has 0 bridgehead atoms. The minimum atomic E-state index is -0.250. The molecule has 0 spiro atoms. The fourth-order valence-corrected chi connectivity index (χ4v) is 1.96. The highest BCUT2D eigenvalue weighted by Gasteiger charge is 2.03. The lowest BCUT2D eigenvalue weighted by molar-refractivity contribution is 0.557. The molecule has 100 valence electrons. The van der Waals surface area contributed by atoms with E-state index < -0.39 is 0 Å². The molecule has 0 aliphatic rings. The number of nitrogens with one attached hydrogen (secondary N) is 1. The van der Waals surface area contributed by atoms with E-state index in [9.17, 15) is 4.39 Å². The van der Waals surface area contributed by atoms with E-state index in [-0.39, 0.29) is 5.82 Å². The van der Waals surface area contributed by atoms with Gasteiger partial charge in [-0.05, 0) is 61.7 Å². The highest BCUT2D eigenvalue weighted by atomic mass is 35.5. The number of allylic oxidation sites excluding steroid dienone is 1. The van der Waals surface area contributed by atoms with Gasteiger partial charge in [-0.25, -0.2) is 4.39 Å². The number of halogens is 2. The average Bonchev–Trinajstić information content (AvgIpc) is 2.31. The molecule has 0 saturated heterocycles. The highest BCUT2D eigenvalue weighted by Crippen LogP contribution is 2.24. The molecule has 0 fully saturated rings. The monoisotopic (exact) mass is 269 g/mol. The first kappa shape index (κ1) is 15.2. The molecule has 1 rings (SSSR count). The summed E-state index contributed by atoms with van der Waals surface area (Å²) in [5, 5.41) is 3.96. The second-order valence-electron chi connectivity index (χ2n) is 4.90. The summed E-state index contributed by atoms with van der Waals surface area (Å²) in [6.07, 6.45) is 3.01. The average molecular weight is 270 g/mol. The van der Waals surface area contributed by atoms with Crippen LogP contribution < -0.4 is 5.32 Å². The van der Waals surface area contributed by atoms with Crippen molar-refractivity contribution in [2.45, 2.75) is 27.2 Å². The van der Waals surface area contributed by atoms with Gasteiger partial charge in [0.2, 0.25) is 0 Å². The van der Waals surface area contributed by atoms with Crippen LogP contribution in [-0.4, -0.2) is 13.1 Å². The van der Waals surface area contributed by atoms with Crippen LogP contribution in [0.25, 0.3) is 5.57 Å². The lowest BCUT2D eigenvalue weighted by Gasteiger charge is -2.07. The van der Waals surface area contributed by atoms with Crippen LogP contribution in [0, 0.1) is 11.7 Å². The maximum Gasteiger partial charge on any atom is 0.123 e. The third kappa shape index (κ3) is 5.19. The van der Waals surface area contributed by atoms with E-state index >= 15 is 0 Å². The maximum atomic E-state index is 13.1. The Morgan fingerprint density at radius 3 is 2.83 bits per heavy atom. The van der Waals surface area contributed by atoms with Crippen molar-refractivity contribution in [1.29, 1.82) is 0 Å². The molecule has 0 radical (unpaired) electrons. The summed E-state index contributed by atoms with van der Waals surface area (Å²) >= 11 is 6.05. The lowest BCUT2D eigenvalue weighted by Crippen LogP contribution is -2.20. The smallest absolute Gasteiger partial charge is 0.123 e. The molecule has 18 heavy (non-hydrogen) atoms. The summed E-state index contributed by atoms with van der Waals surface area (Å²) in [4.78, 5) is 0. The third-order valence-electron chi connectivity index (χ3n) is 2.68. The first-order valence-electron chi connectivity index (χ1n) is 6.33. The van der Waals surface area contributed by atoms with Crippen molar-refractivity contribution in [2.24, 2.45) is 5.92 Å². The molecule has 1 N–H and O–H groups in total. The predicted octanol–water partition coefficient (Wildman–Crippen LogP) is 4.52. The fraction of sp³-hybridized carbons (Fsp3) is 0.467. The van der Waals surface area contributed by atoms with E-state index in [4.69, 9.17) is 11.6 Å². The quantitative estimate of drug-likeness (QED) is 0.749. The molecule has 3 heteroatoms. The van der Waals surface area contributed by atoms with Crippen molar-refractivity contribution < 1.29 is 4.39 Å². The van der Waals surface area contributed by atoms with Crippen LogP contribution in [0.4, 0.5) is 4.39 Å². The summed E-state index contributed by atoms with van der Waals surface area (Å²) in [6.45, 7) is 8.28. The lowest BCUT2D eigenvalue weighted by atomic mass is 10.1. The largest absolute Gasteiger partial charge is 0.316 e. The zero-order valence-corrected chi connectivity index (χ0v) is 12.0. The van der Waals surface area contributed by atoms with Crippen molar-refractivity contribution in [3.63, 3.8) is 0 Å². The van der Waals surface area contributed by atoms with Crippen LogP contribution in [-0.2, 0) is 0 Å². The second-order valence-corrected chi connectivity index (χ2v) is 5.31. The van der Waals surface area contributed by atoms with E-state index in [2.05, 4.69) is 25.2 Å². The minimum absolute atomic E-state index is 0.250. The number of benzene rings is 1. The van der Waals surface area contributed by atoms with E-state index in [1.165, 1.54) is 12.1 Å². The van der Waals surface area contributed by atoms with E-state index in [1.807, 2.05) is 6.92 Å². The highest BCUT2D eigenvalue weighted by molar-refractivity contribution is 6.32. The van der Waals surface area contributed by atoms with Crippen LogP contribution in [0.5, 0.6) is 0 Å². The van der Waals surface area contributed by atoms with E-state index in [1.54, 1.807) is 6.07 Å². The maximum absolute atomic E-state index is 13.1. The topological polar surface area (TPSA) is 12.0 Å². The van der Waals surface area contributed by atoms with Gasteiger partial charge in [-0.2, -0.15) is 0 Å². The molecular weight excluding hydrogens is 249 g/mol. The zero-order valence-electron chi connectivity index (χ0n) is 11.3. The molecule has 0 amide bonds. The molecule has 0 saturated carbocycles. The van der Waals surface area contributed by atoms with Gasteiger partial charge in [-0.3, -0.25) is 0 Å². The second kappa shape index (κ2) is 7.55. The molecular formula is C15H21ClFN. The Morgan fingerprint density at radius 1 is 1.44 bits per heavy atom. The minimum Gasteiger partial charge on any atom is -0.316 e. The molecule has 0 aromatic heterocycles. The van der Waals surface area contributed by atoms with Crippen molar-refractivity contribution in [1.82, 2.24) is 5.32 Å². The van der Waals surface area contributed by atoms with Gasteiger partial charge in [-0.15, -0.1) is 0 Å². The van der Waals surface area contributed by atoms with Crippen LogP contribution in [0.15, 0.2) is 24.3 Å². The molecule has 1 nitrogen and oxygen atoms in total. The van der Waals surface area contributed by atoms with Gasteiger partial charge in [0.05, 0.1) is 0 Å². The Kier molecular flexibility index (Phi) is 6.37. The van der Waals surface area contributed by atoms with Crippen LogP contribution in [0.2, 0.25) is 5.02 Å². The van der Waals surface area contributed by atoms with E-state index in [0.29, 0.717) is 10.9 Å². The summed E-state index contributed by atoms with van der Waals surface area (Å²) in [5.41, 5.74) is 1.80. The Balaban J connectivity index is 2.52. The Bertz CT molecular complexity index is 413. The fourth-order valence-electron chi connectivity index (χ4n) is 1.69. The van der Waals surface area contributed by atoms with Crippen molar-refractivity contribution in [3.05, 3.63) is 40.7 Å². The predicted molar refractivity (Wildman–Crippen MR) is 77.4 cm³/mol. The molecule has 0 aliphatic carbocycles. The van der Waals surface area contributed by atoms with Gasteiger partial charge in [0.1, 0.15) is 5.82 Å². The molecule has 1 aromatic rings. The molecule has 1 aromatic carbocycles. The SMILES string of the molecule is C/C(=C/CCNCC(C)C)c1cc(F)ccc1Cl. The third-order valence-corrected chi connectivity index (χ3v) is 3.01. The summed E-state index contributed by atoms with van der Waals surface area (Å²) in [5.74, 6) is 0.410. The van der Waals surface area contributed by atoms with Gasteiger partial charge in [0.25, 0.3) is 0 Å². The Labute approximate surface area is 114 Å². The van der Waals surface area contributed by atoms with Crippen molar-refractivity contribution in [3.8, 4) is 0 Å². The van der Waals surface area contributed by atoms with E-state index in [0.717, 1.165) is 30.6 Å². The molecule has 0 aliphatic heterocycles. The van der Waals surface area contributed by atoms with Gasteiger partial charge < -0.3 is 5.32 Å². The van der Waals surface area contributed by atoms with Crippen LogP contribution in [0.1, 0.15) is 32.8 Å². The Morgan fingerprint density at radius 2 is 2.17 bits per heavy atom. The normalized spacial score (nSPS) is 12.2. The molecule has 0 unspecified atom stereocenters. The summed E-state index contributed by atoms with van der Waals surface area (Å²) < 4.78 is 13.1. The number of hydrogen-bond acceptors (Lipinski definition) is 1. The molecule has 0 heterocycles. The van der Waals surface area contributed by atoms with Crippen LogP contribution in [0.3, 0.4) is 0 Å². The Hall–Kier alpha value is -0.860. The van der Waals surface area contributed by atoms with Gasteiger partial charge in [-0.1, -0.05) is 31.5 Å². The van der Waals surface area contributed by atoms with Gasteiger partial charge in [0, 0.05) is 5.02 Å². The molecule has 0 atom stereocenters. The summed E-state index contributed by atoms with van der Waals surface area (Å²) in [7, 11) is 0. The van der Waals surface area contributed by atoms with Crippen molar-refractivity contribution >= 4 is 17.2 Å². The first-order valence-corrected chi connectivity index (χ1v) is 6.71. The van der Waals surface area contributed by atoms with Gasteiger partial charge >= 0.3 is 0 Å². The zero-order chi connectivity index (χ0) is 13.5.